The number of methoxy groups -OCH3 is 2. The van der Waals surface area contributed by atoms with E-state index in [1.54, 1.807) is 14.2 Å². The van der Waals surface area contributed by atoms with Crippen molar-refractivity contribution in [3.8, 4) is 11.5 Å². The smallest absolute Gasteiger partial charge is 0.277 e. The first-order chi connectivity index (χ1) is 13.0. The van der Waals surface area contributed by atoms with Crippen LogP contribution < -0.4 is 14.8 Å². The minimum Gasteiger partial charge on any atom is -0.510 e. The third-order valence-electron chi connectivity index (χ3n) is 4.76. The van der Waals surface area contributed by atoms with E-state index in [0.29, 0.717) is 18.2 Å². The summed E-state index contributed by atoms with van der Waals surface area (Å²) in [6, 6.07) is 5.93. The van der Waals surface area contributed by atoms with Crippen molar-refractivity contribution >= 4 is 5.91 Å². The Balaban J connectivity index is 1.81. The van der Waals surface area contributed by atoms with Crippen molar-refractivity contribution in [1.82, 2.24) is 10.2 Å². The number of aliphatic hydroxyl groups excluding tert-OH is 1. The Morgan fingerprint density at radius 2 is 1.93 bits per heavy atom. The molecule has 1 fully saturated rings. The maximum absolute atomic E-state index is 11.8. The molecule has 1 aromatic rings. The quantitative estimate of drug-likeness (QED) is 0.410. The number of hydrogen-bond donors (Lipinski definition) is 2. The molecule has 1 heterocycles. The summed E-state index contributed by atoms with van der Waals surface area (Å²) < 4.78 is 10.6. The zero-order valence-electron chi connectivity index (χ0n) is 16.0. The van der Waals surface area contributed by atoms with Crippen LogP contribution in [0.3, 0.4) is 0 Å². The number of carbonyl (C=O) groups excluding carboxylic acids is 1. The molecule has 0 radical (unpaired) electrons. The standard InChI is InChI=1S/C19H27N3O5/c1-13(23)18(21-25)19(24)20-11-14-6-8-22(9-7-14)12-15-4-5-16(26-2)17(10-15)27-3/h4-5,10,14,23H,6-9,11-12H2,1-3H3,(H,20,24). The minimum atomic E-state index is -0.627. The summed E-state index contributed by atoms with van der Waals surface area (Å²) in [5.41, 5.74) is 0.700. The molecule has 148 valence electrons. The molecule has 0 spiro atoms. The van der Waals surface area contributed by atoms with Gasteiger partial charge in [0.05, 0.1) is 14.2 Å². The number of likely N-dealkylation sites (tertiary alicyclic amines) is 1. The van der Waals surface area contributed by atoms with Crippen LogP contribution in [0, 0.1) is 10.8 Å². The van der Waals surface area contributed by atoms with Crippen molar-refractivity contribution in [3.05, 3.63) is 40.1 Å². The van der Waals surface area contributed by atoms with Crippen molar-refractivity contribution < 1.29 is 19.4 Å². The molecule has 1 saturated heterocycles. The van der Waals surface area contributed by atoms with Crippen molar-refractivity contribution in [2.75, 3.05) is 33.9 Å². The summed E-state index contributed by atoms with van der Waals surface area (Å²) in [5, 5.41) is 14.5. The minimum absolute atomic E-state index is 0.336. The largest absolute Gasteiger partial charge is 0.510 e. The number of hydrogen-bond acceptors (Lipinski definition) is 7. The number of amides is 1. The lowest BCUT2D eigenvalue weighted by Gasteiger charge is -2.32. The van der Waals surface area contributed by atoms with Gasteiger partial charge in [-0.15, -0.1) is 4.91 Å². The number of piperidine rings is 1. The summed E-state index contributed by atoms with van der Waals surface area (Å²) in [6.07, 6.45) is 1.89. The molecular formula is C19H27N3O5. The van der Waals surface area contributed by atoms with Gasteiger partial charge in [-0.2, -0.15) is 0 Å². The molecule has 0 bridgehead atoms. The topological polar surface area (TPSA) is 100 Å². The molecule has 8 heteroatoms. The number of aliphatic hydroxyl groups is 1. The Kier molecular flexibility index (Phi) is 7.60. The number of allylic oxidation sites excluding steroid dienone is 1. The van der Waals surface area contributed by atoms with Gasteiger partial charge in [0.25, 0.3) is 5.91 Å². The van der Waals surface area contributed by atoms with Gasteiger partial charge in [0.1, 0.15) is 5.76 Å². The fraction of sp³-hybridized carbons (Fsp3) is 0.526. The van der Waals surface area contributed by atoms with E-state index in [2.05, 4.69) is 15.4 Å². The van der Waals surface area contributed by atoms with Crippen molar-refractivity contribution in [3.63, 3.8) is 0 Å². The molecule has 1 aliphatic heterocycles. The lowest BCUT2D eigenvalue weighted by molar-refractivity contribution is -0.118. The number of rotatable bonds is 8. The number of benzene rings is 1. The predicted molar refractivity (Wildman–Crippen MR) is 102 cm³/mol. The van der Waals surface area contributed by atoms with E-state index >= 15 is 0 Å². The third kappa shape index (κ3) is 5.68. The van der Waals surface area contributed by atoms with Crippen LogP contribution in [0.2, 0.25) is 0 Å². The van der Waals surface area contributed by atoms with Crippen LogP contribution in [0.4, 0.5) is 0 Å². The molecule has 0 atom stereocenters. The first-order valence-electron chi connectivity index (χ1n) is 8.93. The number of nitrogens with one attached hydrogen (secondary N) is 1. The summed E-state index contributed by atoms with van der Waals surface area (Å²) in [5.74, 6) is 0.777. The Morgan fingerprint density at radius 3 is 2.48 bits per heavy atom. The molecule has 1 amide bonds. The predicted octanol–water partition coefficient (Wildman–Crippen LogP) is 2.59. The van der Waals surface area contributed by atoms with Crippen LogP contribution in [0.5, 0.6) is 11.5 Å². The van der Waals surface area contributed by atoms with Gasteiger partial charge in [-0.1, -0.05) is 6.07 Å². The van der Waals surface area contributed by atoms with Gasteiger partial charge in [-0.05, 0) is 61.6 Å². The SMILES string of the molecule is COc1ccc(CN2CCC(CNC(=O)C(N=O)=C(C)O)CC2)cc1OC. The van der Waals surface area contributed by atoms with Gasteiger partial charge >= 0.3 is 0 Å². The molecule has 0 aliphatic carbocycles. The number of nitroso groups, excluding NO2 is 1. The fourth-order valence-electron chi connectivity index (χ4n) is 3.18. The monoisotopic (exact) mass is 377 g/mol. The van der Waals surface area contributed by atoms with E-state index in [9.17, 15) is 14.8 Å². The molecule has 8 nitrogen and oxygen atoms in total. The van der Waals surface area contributed by atoms with Gasteiger partial charge in [0.15, 0.2) is 11.5 Å². The van der Waals surface area contributed by atoms with Gasteiger partial charge < -0.3 is 19.9 Å². The van der Waals surface area contributed by atoms with Crippen molar-refractivity contribution in [1.29, 1.82) is 0 Å². The van der Waals surface area contributed by atoms with Crippen LogP contribution >= 0.6 is 0 Å². The first kappa shape index (κ1) is 20.7. The Hall–Kier alpha value is -2.61. The van der Waals surface area contributed by atoms with Crippen LogP contribution in [0.1, 0.15) is 25.3 Å². The van der Waals surface area contributed by atoms with Gasteiger partial charge in [-0.3, -0.25) is 9.69 Å². The maximum atomic E-state index is 11.8. The lowest BCUT2D eigenvalue weighted by Crippen LogP contribution is -2.38. The summed E-state index contributed by atoms with van der Waals surface area (Å²) in [6.45, 7) is 4.40. The summed E-state index contributed by atoms with van der Waals surface area (Å²) in [7, 11) is 3.24. The highest BCUT2D eigenvalue weighted by Gasteiger charge is 2.21. The van der Waals surface area contributed by atoms with E-state index in [-0.39, 0.29) is 5.76 Å². The highest BCUT2D eigenvalue weighted by atomic mass is 16.5. The highest BCUT2D eigenvalue weighted by molar-refractivity contribution is 5.93. The van der Waals surface area contributed by atoms with Gasteiger partial charge in [-0.25, -0.2) is 0 Å². The molecule has 2 N–H and O–H groups in total. The second kappa shape index (κ2) is 9.91. The lowest BCUT2D eigenvalue weighted by atomic mass is 9.96. The zero-order valence-corrected chi connectivity index (χ0v) is 16.0. The molecule has 0 aromatic heterocycles. The van der Waals surface area contributed by atoms with Crippen molar-refractivity contribution in [2.24, 2.45) is 11.1 Å². The van der Waals surface area contributed by atoms with E-state index in [1.807, 2.05) is 18.2 Å². The second-order valence-corrected chi connectivity index (χ2v) is 6.64. The van der Waals surface area contributed by atoms with Crippen molar-refractivity contribution in [2.45, 2.75) is 26.3 Å². The average molecular weight is 377 g/mol. The molecule has 0 unspecified atom stereocenters. The Labute approximate surface area is 159 Å². The highest BCUT2D eigenvalue weighted by Crippen LogP contribution is 2.28. The zero-order chi connectivity index (χ0) is 19.8. The summed E-state index contributed by atoms with van der Waals surface area (Å²) >= 11 is 0. The molecule has 0 saturated carbocycles. The Bertz CT molecular complexity index is 693. The molecule has 1 aromatic carbocycles. The van der Waals surface area contributed by atoms with E-state index < -0.39 is 11.6 Å². The van der Waals surface area contributed by atoms with Gasteiger partial charge in [0, 0.05) is 13.1 Å². The molecule has 1 aliphatic rings. The number of ether oxygens (including phenoxy) is 2. The van der Waals surface area contributed by atoms with Crippen LogP contribution in [-0.2, 0) is 11.3 Å². The van der Waals surface area contributed by atoms with E-state index in [0.717, 1.165) is 43.8 Å². The van der Waals surface area contributed by atoms with E-state index in [1.165, 1.54) is 6.92 Å². The van der Waals surface area contributed by atoms with E-state index in [4.69, 9.17) is 9.47 Å². The number of nitrogens with zero attached hydrogens (tertiary/aromatic N) is 2. The normalized spacial score (nSPS) is 16.4. The average Bonchev–Trinajstić information content (AvgIpc) is 2.67. The molecule has 2 rings (SSSR count). The van der Waals surface area contributed by atoms with Gasteiger partial charge in [0.2, 0.25) is 5.70 Å². The molecular weight excluding hydrogens is 350 g/mol. The summed E-state index contributed by atoms with van der Waals surface area (Å²) in [4.78, 5) is 24.8. The molecule has 27 heavy (non-hydrogen) atoms. The fourth-order valence-corrected chi connectivity index (χ4v) is 3.18. The van der Waals surface area contributed by atoms with Crippen LogP contribution in [0.15, 0.2) is 34.8 Å². The second-order valence-electron chi connectivity index (χ2n) is 6.64. The Morgan fingerprint density at radius 1 is 1.26 bits per heavy atom. The number of carbonyl (C=O) groups is 1. The van der Waals surface area contributed by atoms with Crippen LogP contribution in [-0.4, -0.2) is 49.8 Å². The van der Waals surface area contributed by atoms with Crippen LogP contribution in [0.25, 0.3) is 0 Å². The maximum Gasteiger partial charge on any atom is 0.277 e. The first-order valence-corrected chi connectivity index (χ1v) is 8.93. The third-order valence-corrected chi connectivity index (χ3v) is 4.76.